The number of carbonyl (C=O) groups excluding carboxylic acids is 2. The molecule has 5 heteroatoms. The van der Waals surface area contributed by atoms with Gasteiger partial charge in [0.2, 0.25) is 0 Å². The van der Waals surface area contributed by atoms with Crippen LogP contribution in [-0.4, -0.2) is 34.4 Å². The van der Waals surface area contributed by atoms with Gasteiger partial charge in [-0.15, -0.1) is 0 Å². The van der Waals surface area contributed by atoms with Crippen LogP contribution in [0.4, 0.5) is 0 Å². The lowest BCUT2D eigenvalue weighted by molar-refractivity contribution is 0.0138. The topological polar surface area (TPSA) is 82.2 Å². The molecule has 0 saturated heterocycles. The number of Topliss-reactive ketones (excluding diaryl/α,β-unsaturated/α-hetero) is 1. The van der Waals surface area contributed by atoms with Gasteiger partial charge < -0.3 is 15.4 Å². The van der Waals surface area contributed by atoms with Crippen LogP contribution in [0.3, 0.4) is 0 Å². The van der Waals surface area contributed by atoms with Gasteiger partial charge in [-0.1, -0.05) is 41.5 Å². The molecule has 0 aromatic carbocycles. The van der Waals surface area contributed by atoms with Gasteiger partial charge in [0.05, 0.1) is 6.10 Å². The van der Waals surface area contributed by atoms with Crippen molar-refractivity contribution in [2.45, 2.75) is 67.4 Å². The standard InChI is InChI=1S/C19H32N2O3/c1-10(2)14-15(13(6)22)12(5)21-16(14)18(24)20-9-19(7,8)17(23)11(3)4/h10-11,17,21,23H,9H2,1-8H3,(H,20,24). The van der Waals surface area contributed by atoms with Crippen molar-refractivity contribution in [2.75, 3.05) is 6.54 Å². The molecule has 1 heterocycles. The number of rotatable bonds is 7. The second-order valence-electron chi connectivity index (χ2n) is 7.98. The Kier molecular flexibility index (Phi) is 6.39. The largest absolute Gasteiger partial charge is 0.392 e. The molecule has 0 bridgehead atoms. The monoisotopic (exact) mass is 336 g/mol. The molecule has 1 atom stereocenters. The molecule has 0 aliphatic rings. The van der Waals surface area contributed by atoms with Crippen molar-refractivity contribution >= 4 is 11.7 Å². The molecule has 1 unspecified atom stereocenters. The zero-order valence-electron chi connectivity index (χ0n) is 16.2. The summed E-state index contributed by atoms with van der Waals surface area (Å²) in [5.74, 6) is -0.107. The highest BCUT2D eigenvalue weighted by atomic mass is 16.3. The Morgan fingerprint density at radius 1 is 1.21 bits per heavy atom. The molecule has 1 aromatic rings. The highest BCUT2D eigenvalue weighted by molar-refractivity contribution is 6.03. The first-order valence-electron chi connectivity index (χ1n) is 8.59. The van der Waals surface area contributed by atoms with E-state index in [1.807, 2.05) is 48.5 Å². The van der Waals surface area contributed by atoms with E-state index >= 15 is 0 Å². The average Bonchev–Trinajstić information content (AvgIpc) is 2.81. The van der Waals surface area contributed by atoms with Gasteiger partial charge in [-0.25, -0.2) is 0 Å². The van der Waals surface area contributed by atoms with Gasteiger partial charge in [0.25, 0.3) is 5.91 Å². The van der Waals surface area contributed by atoms with E-state index in [9.17, 15) is 14.7 Å². The Bertz CT molecular complexity index is 612. The Balaban J connectivity index is 3.05. The summed E-state index contributed by atoms with van der Waals surface area (Å²) >= 11 is 0. The zero-order valence-corrected chi connectivity index (χ0v) is 16.2. The molecule has 0 fully saturated rings. The maximum atomic E-state index is 12.7. The van der Waals surface area contributed by atoms with Crippen LogP contribution in [0.5, 0.6) is 0 Å². The Morgan fingerprint density at radius 3 is 2.17 bits per heavy atom. The first kappa shape index (κ1) is 20.4. The van der Waals surface area contributed by atoms with Gasteiger partial charge in [0, 0.05) is 23.2 Å². The first-order chi connectivity index (χ1) is 10.9. The Morgan fingerprint density at radius 2 is 1.75 bits per heavy atom. The molecule has 3 N–H and O–H groups in total. The van der Waals surface area contributed by atoms with Crippen molar-refractivity contribution < 1.29 is 14.7 Å². The number of H-pyrrole nitrogens is 1. The number of aromatic amines is 1. The number of aliphatic hydroxyl groups excluding tert-OH is 1. The maximum Gasteiger partial charge on any atom is 0.268 e. The van der Waals surface area contributed by atoms with Crippen LogP contribution in [0.2, 0.25) is 0 Å². The number of carbonyl (C=O) groups is 2. The van der Waals surface area contributed by atoms with Gasteiger partial charge in [0.15, 0.2) is 5.78 Å². The van der Waals surface area contributed by atoms with Crippen LogP contribution in [-0.2, 0) is 0 Å². The molecule has 0 aliphatic carbocycles. The van der Waals surface area contributed by atoms with E-state index in [2.05, 4.69) is 10.3 Å². The predicted octanol–water partition coefficient (Wildman–Crippen LogP) is 3.42. The average molecular weight is 336 g/mol. The third kappa shape index (κ3) is 4.26. The number of hydrogen-bond donors (Lipinski definition) is 3. The number of hydrogen-bond acceptors (Lipinski definition) is 3. The summed E-state index contributed by atoms with van der Waals surface area (Å²) in [5, 5.41) is 13.2. The lowest BCUT2D eigenvalue weighted by Gasteiger charge is -2.33. The minimum Gasteiger partial charge on any atom is -0.392 e. The number of amides is 1. The molecule has 0 aliphatic heterocycles. The molecule has 1 amide bonds. The molecule has 0 spiro atoms. The second kappa shape index (κ2) is 7.51. The SMILES string of the molecule is CC(=O)c1c(C)[nH]c(C(=O)NCC(C)(C)C(O)C(C)C)c1C(C)C. The van der Waals surface area contributed by atoms with Gasteiger partial charge >= 0.3 is 0 Å². The summed E-state index contributed by atoms with van der Waals surface area (Å²) in [6.45, 7) is 15.4. The van der Waals surface area contributed by atoms with Crippen molar-refractivity contribution in [1.82, 2.24) is 10.3 Å². The highest BCUT2D eigenvalue weighted by Crippen LogP contribution is 2.28. The lowest BCUT2D eigenvalue weighted by Crippen LogP contribution is -2.43. The quantitative estimate of drug-likeness (QED) is 0.667. The summed E-state index contributed by atoms with van der Waals surface area (Å²) in [6.07, 6.45) is -0.513. The number of aliphatic hydroxyl groups is 1. The van der Waals surface area contributed by atoms with Crippen LogP contribution in [0.25, 0.3) is 0 Å². The maximum absolute atomic E-state index is 12.7. The van der Waals surface area contributed by atoms with E-state index < -0.39 is 11.5 Å². The Hall–Kier alpha value is -1.62. The van der Waals surface area contributed by atoms with Crippen LogP contribution in [0.1, 0.15) is 86.5 Å². The van der Waals surface area contributed by atoms with Crippen LogP contribution in [0, 0.1) is 18.3 Å². The minimum atomic E-state index is -0.513. The zero-order chi connectivity index (χ0) is 18.8. The first-order valence-corrected chi connectivity index (χ1v) is 8.59. The molecule has 24 heavy (non-hydrogen) atoms. The molecule has 1 rings (SSSR count). The fourth-order valence-corrected chi connectivity index (χ4v) is 3.26. The van der Waals surface area contributed by atoms with E-state index in [0.29, 0.717) is 17.8 Å². The number of nitrogens with one attached hydrogen (secondary N) is 2. The molecule has 5 nitrogen and oxygen atoms in total. The Labute approximate surface area is 145 Å². The van der Waals surface area contributed by atoms with Crippen molar-refractivity contribution in [1.29, 1.82) is 0 Å². The van der Waals surface area contributed by atoms with Gasteiger partial charge in [-0.3, -0.25) is 9.59 Å². The van der Waals surface area contributed by atoms with Crippen LogP contribution < -0.4 is 5.32 Å². The number of aryl methyl sites for hydroxylation is 1. The summed E-state index contributed by atoms with van der Waals surface area (Å²) in [5.41, 5.74) is 2.10. The summed E-state index contributed by atoms with van der Waals surface area (Å²) < 4.78 is 0. The van der Waals surface area contributed by atoms with E-state index in [-0.39, 0.29) is 23.5 Å². The summed E-state index contributed by atoms with van der Waals surface area (Å²) in [7, 11) is 0. The van der Waals surface area contributed by atoms with Crippen LogP contribution >= 0.6 is 0 Å². The van der Waals surface area contributed by atoms with Crippen molar-refractivity contribution in [2.24, 2.45) is 11.3 Å². The number of aromatic nitrogens is 1. The third-order valence-electron chi connectivity index (χ3n) is 4.52. The lowest BCUT2D eigenvalue weighted by atomic mass is 9.80. The van der Waals surface area contributed by atoms with Crippen molar-refractivity contribution in [3.05, 3.63) is 22.5 Å². The fourth-order valence-electron chi connectivity index (χ4n) is 3.26. The normalized spacial score (nSPS) is 13.5. The predicted molar refractivity (Wildman–Crippen MR) is 96.6 cm³/mol. The van der Waals surface area contributed by atoms with Crippen molar-refractivity contribution in [3.8, 4) is 0 Å². The van der Waals surface area contributed by atoms with E-state index in [4.69, 9.17) is 0 Å². The third-order valence-corrected chi connectivity index (χ3v) is 4.52. The number of ketones is 1. The molecule has 0 saturated carbocycles. The van der Waals surface area contributed by atoms with Crippen LogP contribution in [0.15, 0.2) is 0 Å². The molecular formula is C19H32N2O3. The van der Waals surface area contributed by atoms with E-state index in [1.54, 1.807) is 0 Å². The molecular weight excluding hydrogens is 304 g/mol. The van der Waals surface area contributed by atoms with Gasteiger partial charge in [0.1, 0.15) is 5.69 Å². The highest BCUT2D eigenvalue weighted by Gasteiger charge is 2.31. The molecule has 1 aromatic heterocycles. The van der Waals surface area contributed by atoms with Crippen molar-refractivity contribution in [3.63, 3.8) is 0 Å². The summed E-state index contributed by atoms with van der Waals surface area (Å²) in [6, 6.07) is 0. The smallest absolute Gasteiger partial charge is 0.268 e. The second-order valence-corrected chi connectivity index (χ2v) is 7.98. The fraction of sp³-hybridized carbons (Fsp3) is 0.684. The molecule has 136 valence electrons. The van der Waals surface area contributed by atoms with E-state index in [0.717, 1.165) is 11.3 Å². The molecule has 0 radical (unpaired) electrons. The van der Waals surface area contributed by atoms with Gasteiger partial charge in [-0.2, -0.15) is 0 Å². The summed E-state index contributed by atoms with van der Waals surface area (Å²) in [4.78, 5) is 27.7. The van der Waals surface area contributed by atoms with Gasteiger partial charge in [-0.05, 0) is 31.2 Å². The van der Waals surface area contributed by atoms with E-state index in [1.165, 1.54) is 6.92 Å². The minimum absolute atomic E-state index is 0.0398.